The smallest absolute Gasteiger partial charge is 0.317 e. The number of hydrazone groups is 3. The van der Waals surface area contributed by atoms with Crippen molar-refractivity contribution in [3.8, 4) is 11.8 Å². The Morgan fingerprint density at radius 2 is 1.36 bits per heavy atom. The summed E-state index contributed by atoms with van der Waals surface area (Å²) in [6.07, 6.45) is 12.2. The zero-order chi connectivity index (χ0) is 66.3. The molecule has 1 unspecified atom stereocenters. The molecule has 6 rings (SSSR count). The van der Waals surface area contributed by atoms with Crippen LogP contribution in [0.4, 0.5) is 8.78 Å². The van der Waals surface area contributed by atoms with Gasteiger partial charge in [-0.25, -0.2) is 14.2 Å². The van der Waals surface area contributed by atoms with E-state index in [9.17, 15) is 67.7 Å². The number of carbonyl (C=O) groups is 8. The molecule has 0 saturated carbocycles. The third kappa shape index (κ3) is 26.6. The number of piperidine rings is 1. The third-order valence-electron chi connectivity index (χ3n) is 15.9. The van der Waals surface area contributed by atoms with Crippen molar-refractivity contribution in [2.45, 2.75) is 102 Å². The van der Waals surface area contributed by atoms with E-state index >= 15 is 0 Å². The molecule has 4 heterocycles. The molecule has 2 atom stereocenters. The lowest BCUT2D eigenvalue weighted by Crippen LogP contribution is -2.50. The highest BCUT2D eigenvalue weighted by atomic mass is 19.3. The van der Waals surface area contributed by atoms with Gasteiger partial charge in [-0.2, -0.15) is 20.6 Å². The molecule has 5 amide bonds. The molecule has 30 heteroatoms. The number of fused-ring (bicyclic) bond motifs is 1. The number of aromatic nitrogens is 1. The molecular weight excluding hydrogens is 1200 g/mol. The molecule has 8 N–H and O–H groups in total. The molecule has 3 saturated heterocycles. The summed E-state index contributed by atoms with van der Waals surface area (Å²) in [4.78, 5) is 115. The van der Waals surface area contributed by atoms with Crippen molar-refractivity contribution in [2.75, 3.05) is 118 Å². The second-order valence-corrected chi connectivity index (χ2v) is 23.2. The van der Waals surface area contributed by atoms with Gasteiger partial charge >= 0.3 is 17.9 Å². The van der Waals surface area contributed by atoms with Crippen LogP contribution in [0.1, 0.15) is 98.5 Å². The van der Waals surface area contributed by atoms with Crippen LogP contribution in [0, 0.1) is 24.2 Å². The predicted molar refractivity (Wildman–Crippen MR) is 337 cm³/mol. The number of alkyl halides is 2. The fraction of sp³-hybridized carbons (Fsp3) is 0.565. The maximum Gasteiger partial charge on any atom is 0.317 e. The lowest BCUT2D eigenvalue weighted by molar-refractivity contribution is -0.140. The van der Waals surface area contributed by atoms with E-state index in [0.29, 0.717) is 68.0 Å². The summed E-state index contributed by atoms with van der Waals surface area (Å²) in [7, 11) is 0. The van der Waals surface area contributed by atoms with Gasteiger partial charge in [0.2, 0.25) is 23.6 Å². The predicted octanol–water partition coefficient (Wildman–Crippen LogP) is 2.38. The van der Waals surface area contributed by atoms with Crippen molar-refractivity contribution in [3.63, 3.8) is 0 Å². The Bertz CT molecular complexity index is 3040. The van der Waals surface area contributed by atoms with Crippen molar-refractivity contribution >= 4 is 77.0 Å². The number of ether oxygens (including phenoxy) is 1. The zero-order valence-electron chi connectivity index (χ0n) is 52.1. The minimum atomic E-state index is -3.17. The summed E-state index contributed by atoms with van der Waals surface area (Å²) in [5.74, 6) is -7.46. The van der Waals surface area contributed by atoms with Gasteiger partial charge in [-0.15, -0.1) is 0 Å². The summed E-state index contributed by atoms with van der Waals surface area (Å²) >= 11 is 0. The number of halogens is 2. The lowest BCUT2D eigenvalue weighted by Gasteiger charge is -2.33. The molecule has 500 valence electrons. The van der Waals surface area contributed by atoms with Gasteiger partial charge in [-0.1, -0.05) is 42.7 Å². The number of benzene rings is 2. The van der Waals surface area contributed by atoms with Gasteiger partial charge in [0.1, 0.15) is 18.5 Å². The summed E-state index contributed by atoms with van der Waals surface area (Å²) in [5.41, 5.74) is 11.0. The molecule has 0 aliphatic carbocycles. The highest BCUT2D eigenvalue weighted by molar-refractivity contribution is 6.07. The quantitative estimate of drug-likeness (QED) is 0.0188. The first-order chi connectivity index (χ1) is 44.2. The van der Waals surface area contributed by atoms with Crippen molar-refractivity contribution in [2.24, 2.45) is 21.2 Å². The van der Waals surface area contributed by atoms with Gasteiger partial charge in [-0.05, 0) is 81.2 Å². The zero-order valence-corrected chi connectivity index (χ0v) is 52.1. The van der Waals surface area contributed by atoms with Crippen LogP contribution >= 0.6 is 0 Å². The lowest BCUT2D eigenvalue weighted by atomic mass is 9.91. The molecule has 92 heavy (non-hydrogen) atoms. The molecule has 28 nitrogen and oxygen atoms in total. The fourth-order valence-corrected chi connectivity index (χ4v) is 10.8. The minimum absolute atomic E-state index is 0.0815. The summed E-state index contributed by atoms with van der Waals surface area (Å²) in [6.45, 7) is 3.29. The number of pyridine rings is 1. The maximum atomic E-state index is 13.9. The number of hydrogen-bond donors (Lipinski definition) is 8. The average molecular weight is 1290 g/mol. The van der Waals surface area contributed by atoms with Gasteiger partial charge in [0, 0.05) is 115 Å². The van der Waals surface area contributed by atoms with Crippen LogP contribution in [0.5, 0.6) is 5.75 Å². The number of nitrogens with one attached hydrogen (secondary N) is 5. The first kappa shape index (κ1) is 72.3. The molecule has 2 aromatic carbocycles. The molecule has 3 fully saturated rings. The van der Waals surface area contributed by atoms with Gasteiger partial charge in [0.15, 0.2) is 0 Å². The second-order valence-electron chi connectivity index (χ2n) is 23.2. The third-order valence-corrected chi connectivity index (χ3v) is 15.9. The number of carboxylic acid groups (broad SMARTS) is 3. The van der Waals surface area contributed by atoms with Crippen molar-refractivity contribution in [1.29, 1.82) is 5.26 Å². The minimum Gasteiger partial charge on any atom is -0.494 e. The molecule has 3 aliphatic rings. The molecular formula is C62H86F2N16O12. The van der Waals surface area contributed by atoms with Gasteiger partial charge in [0.05, 0.1) is 75.3 Å². The number of aliphatic carboxylic acids is 3. The first-order valence-electron chi connectivity index (χ1n) is 31.1. The van der Waals surface area contributed by atoms with E-state index in [2.05, 4.69) is 47.2 Å². The summed E-state index contributed by atoms with van der Waals surface area (Å²) in [6, 6.07) is 14.2. The largest absolute Gasteiger partial charge is 0.494 e. The van der Waals surface area contributed by atoms with Crippen LogP contribution in [-0.4, -0.2) is 252 Å². The molecule has 0 radical (unpaired) electrons. The first-order valence-corrected chi connectivity index (χ1v) is 31.1. The van der Waals surface area contributed by atoms with Crippen LogP contribution in [0.15, 0.2) is 70.0 Å². The van der Waals surface area contributed by atoms with E-state index in [-0.39, 0.29) is 115 Å². The normalized spacial score (nSPS) is 17.8. The molecule has 1 aromatic heterocycles. The Hall–Kier alpha value is -8.79. The molecule has 0 bridgehead atoms. The number of hydrogen-bond acceptors (Lipinski definition) is 20. The Kier molecular flexibility index (Phi) is 30.0. The van der Waals surface area contributed by atoms with Crippen molar-refractivity contribution < 1.29 is 67.2 Å². The number of rotatable bonds is 33. The van der Waals surface area contributed by atoms with Crippen molar-refractivity contribution in [3.05, 3.63) is 71.4 Å². The van der Waals surface area contributed by atoms with E-state index < -0.39 is 73.1 Å². The Balaban J connectivity index is 0.897. The number of unbranched alkanes of at least 4 members (excludes halogenated alkanes) is 3. The highest BCUT2D eigenvalue weighted by Gasteiger charge is 2.47. The molecule has 3 aromatic rings. The van der Waals surface area contributed by atoms with Crippen LogP contribution in [0.3, 0.4) is 0 Å². The van der Waals surface area contributed by atoms with E-state index in [4.69, 9.17) is 4.74 Å². The maximum absolute atomic E-state index is 13.9. The standard InChI is InChI=1S/C62H86F2N16O12/c1-45-10-12-47(13-11-45)36-69-72-44-71-68-21-16-48(73-55(82)39-75-24-26-76(40-58(85)86)28-30-78(42-60(89)90)31-29-77(27-25-75)41-59(87)88)37-70-74-54(81)8-3-2-4-9-56(83)79-22-18-46(19-23-79)7-5-6-32-92-50-14-15-53-52(33-50)51(17-20-66-53)61(91)67-38-57(84)80-43-62(63,64)34-49(80)35-65/h10-15,17,20-21,33,36-37,46,48-49,71-72H,2-9,16,18-19,22-32,34,38-44H2,1H3,(H,67,91)(H,73,82)(H,74,81)(H,85,86)(H,87,88)(H,89,90)/b68-21+,69-36+,70-37-/t48?,49-/m1/s1. The number of carbonyl (C=O) groups excluding carboxylic acids is 5. The number of nitriles is 1. The van der Waals surface area contributed by atoms with E-state index in [1.54, 1.807) is 50.1 Å². The van der Waals surface area contributed by atoms with Crippen LogP contribution in [0.25, 0.3) is 10.9 Å². The Labute approximate surface area is 533 Å². The average Bonchev–Trinajstić information content (AvgIpc) is 1.32. The number of nitrogens with zero attached hydrogens (tertiary/aromatic N) is 11. The topological polar surface area (TPSA) is 360 Å². The van der Waals surface area contributed by atoms with E-state index in [0.717, 1.165) is 48.1 Å². The Morgan fingerprint density at radius 3 is 1.99 bits per heavy atom. The van der Waals surface area contributed by atoms with Crippen molar-refractivity contribution in [1.82, 2.24) is 61.3 Å². The van der Waals surface area contributed by atoms with Gasteiger partial charge < -0.3 is 40.5 Å². The second kappa shape index (κ2) is 38.2. The molecule has 0 spiro atoms. The number of likely N-dealkylation sites (tertiary alicyclic amines) is 2. The highest BCUT2D eigenvalue weighted by Crippen LogP contribution is 2.32. The van der Waals surface area contributed by atoms with E-state index in [1.165, 1.54) is 24.7 Å². The summed E-state index contributed by atoms with van der Waals surface area (Å²) < 4.78 is 33.8. The number of carboxylic acids is 3. The van der Waals surface area contributed by atoms with Crippen LogP contribution < -0.4 is 31.6 Å². The SMILES string of the molecule is Cc1ccc(/C=N/NCN/N=C/CC(/C=N\NC(=O)CCCCCC(=O)N2CCC(CCCCOc3ccc4nccc(C(=O)NCC(=O)N5CC(F)(F)C[C@@H]5C#N)c4c3)CC2)NC(=O)CN2CCN(CC(=O)O)CCN(CC(=O)O)CCN(CC(=O)O)CC2)cc1. The number of amides is 5. The van der Waals surface area contributed by atoms with Crippen LogP contribution in [0.2, 0.25) is 0 Å². The Morgan fingerprint density at radius 1 is 0.739 bits per heavy atom. The van der Waals surface area contributed by atoms with Gasteiger partial charge in [0.25, 0.3) is 11.8 Å². The molecule has 3 aliphatic heterocycles. The van der Waals surface area contributed by atoms with Crippen LogP contribution in [-0.2, 0) is 33.6 Å². The summed E-state index contributed by atoms with van der Waals surface area (Å²) in [5, 5.41) is 56.4. The van der Waals surface area contributed by atoms with E-state index in [1.807, 2.05) is 36.1 Å². The number of aryl methyl sites for hydroxylation is 1. The fourth-order valence-electron chi connectivity index (χ4n) is 10.8. The van der Waals surface area contributed by atoms with Gasteiger partial charge in [-0.3, -0.25) is 73.8 Å². The monoisotopic (exact) mass is 1280 g/mol.